The maximum absolute atomic E-state index is 12.2. The van der Waals surface area contributed by atoms with Gasteiger partial charge in [0.25, 0.3) is 0 Å². The highest BCUT2D eigenvalue weighted by Gasteiger charge is 2.23. The van der Waals surface area contributed by atoms with Crippen molar-refractivity contribution in [3.8, 4) is 5.69 Å². The summed E-state index contributed by atoms with van der Waals surface area (Å²) in [5, 5.41) is 11.5. The molecule has 0 aliphatic carbocycles. The molecule has 1 fully saturated rings. The van der Waals surface area contributed by atoms with Crippen LogP contribution in [0, 0.1) is 0 Å². The van der Waals surface area contributed by atoms with Gasteiger partial charge in [0.05, 0.1) is 40.5 Å². The lowest BCUT2D eigenvalue weighted by Gasteiger charge is -2.29. The molecule has 164 valence electrons. The van der Waals surface area contributed by atoms with Gasteiger partial charge in [-0.15, -0.1) is 0 Å². The van der Waals surface area contributed by atoms with E-state index in [0.29, 0.717) is 48.8 Å². The van der Waals surface area contributed by atoms with E-state index >= 15 is 0 Å². The predicted molar refractivity (Wildman–Crippen MR) is 125 cm³/mol. The molecule has 2 aromatic carbocycles. The minimum absolute atomic E-state index is 0.205. The molecular formula is C24H23ClN4O3. The van der Waals surface area contributed by atoms with Crippen molar-refractivity contribution in [2.24, 2.45) is 0 Å². The molecular weight excluding hydrogens is 428 g/mol. The Hall–Kier alpha value is -3.16. The number of carbonyl (C=O) groups is 1. The molecule has 2 aromatic heterocycles. The van der Waals surface area contributed by atoms with Crippen molar-refractivity contribution in [2.75, 3.05) is 31.2 Å². The van der Waals surface area contributed by atoms with E-state index in [2.05, 4.69) is 21.4 Å². The van der Waals surface area contributed by atoms with Gasteiger partial charge in [-0.2, -0.15) is 0 Å². The first kappa shape index (κ1) is 20.7. The summed E-state index contributed by atoms with van der Waals surface area (Å²) in [6, 6.07) is 11.4. The predicted octanol–water partition coefficient (Wildman–Crippen LogP) is 4.71. The number of para-hydroxylation sites is 1. The second-order valence-electron chi connectivity index (χ2n) is 7.85. The average Bonchev–Trinajstić information content (AvgIpc) is 3.17. The second-order valence-corrected chi connectivity index (χ2v) is 8.25. The fourth-order valence-electron chi connectivity index (χ4n) is 4.36. The first-order valence-electron chi connectivity index (χ1n) is 10.7. The summed E-state index contributed by atoms with van der Waals surface area (Å²) in [5.41, 5.74) is 3.92. The fraction of sp³-hybridized carbons (Fsp3) is 0.292. The third-order valence-corrected chi connectivity index (χ3v) is 6.14. The van der Waals surface area contributed by atoms with Crippen LogP contribution in [0.25, 0.3) is 27.6 Å². The smallest absolute Gasteiger partial charge is 0.338 e. The number of carboxylic acids is 1. The van der Waals surface area contributed by atoms with Crippen molar-refractivity contribution < 1.29 is 14.6 Å². The second kappa shape index (κ2) is 8.41. The molecule has 4 aromatic rings. The van der Waals surface area contributed by atoms with Gasteiger partial charge in [0.2, 0.25) is 0 Å². The lowest BCUT2D eigenvalue weighted by atomic mass is 10.1. The summed E-state index contributed by atoms with van der Waals surface area (Å²) in [6.07, 6.45) is 3.33. The number of pyridine rings is 1. The molecule has 1 N–H and O–H groups in total. The SMILES string of the molecule is CCCc1nc2c(C(=O)O)cc(N3CCOCC3)cc2n1-c1ccnc2c(Cl)cccc12. The summed E-state index contributed by atoms with van der Waals surface area (Å²) < 4.78 is 7.54. The Morgan fingerprint density at radius 2 is 2.00 bits per heavy atom. The van der Waals surface area contributed by atoms with Crippen LogP contribution in [0.2, 0.25) is 5.02 Å². The number of halogens is 1. The number of anilines is 1. The van der Waals surface area contributed by atoms with Crippen molar-refractivity contribution in [2.45, 2.75) is 19.8 Å². The molecule has 0 spiro atoms. The molecule has 8 heteroatoms. The van der Waals surface area contributed by atoms with Crippen LogP contribution in [0.3, 0.4) is 0 Å². The number of benzene rings is 2. The summed E-state index contributed by atoms with van der Waals surface area (Å²) in [7, 11) is 0. The molecule has 5 rings (SSSR count). The van der Waals surface area contributed by atoms with Crippen LogP contribution in [0.5, 0.6) is 0 Å². The monoisotopic (exact) mass is 450 g/mol. The van der Waals surface area contributed by atoms with Crippen molar-refractivity contribution in [1.82, 2.24) is 14.5 Å². The molecule has 32 heavy (non-hydrogen) atoms. The maximum atomic E-state index is 12.2. The number of imidazole rings is 1. The van der Waals surface area contributed by atoms with Crippen molar-refractivity contribution in [1.29, 1.82) is 0 Å². The molecule has 0 radical (unpaired) electrons. The highest BCUT2D eigenvalue weighted by atomic mass is 35.5. The molecule has 7 nitrogen and oxygen atoms in total. The number of morpholine rings is 1. The number of ether oxygens (including phenoxy) is 1. The minimum Gasteiger partial charge on any atom is -0.478 e. The van der Waals surface area contributed by atoms with Crippen LogP contribution < -0.4 is 4.90 Å². The molecule has 0 bridgehead atoms. The van der Waals surface area contributed by atoms with Crippen LogP contribution >= 0.6 is 11.6 Å². The maximum Gasteiger partial charge on any atom is 0.338 e. The molecule has 1 aliphatic heterocycles. The van der Waals surface area contributed by atoms with Gasteiger partial charge in [0.1, 0.15) is 11.3 Å². The van der Waals surface area contributed by atoms with E-state index in [1.54, 1.807) is 12.3 Å². The number of aryl methyl sites for hydroxylation is 1. The van der Waals surface area contributed by atoms with E-state index in [9.17, 15) is 9.90 Å². The van der Waals surface area contributed by atoms with E-state index in [0.717, 1.165) is 34.5 Å². The molecule has 3 heterocycles. The number of rotatable bonds is 5. The Kier molecular flexibility index (Phi) is 5.45. The lowest BCUT2D eigenvalue weighted by molar-refractivity contribution is 0.0699. The van der Waals surface area contributed by atoms with Crippen LogP contribution in [-0.4, -0.2) is 51.9 Å². The number of hydrogen-bond acceptors (Lipinski definition) is 5. The Morgan fingerprint density at radius 1 is 1.19 bits per heavy atom. The zero-order chi connectivity index (χ0) is 22.2. The molecule has 0 saturated carbocycles. The van der Waals surface area contributed by atoms with Crippen molar-refractivity contribution >= 4 is 45.2 Å². The highest BCUT2D eigenvalue weighted by Crippen LogP contribution is 2.34. The Balaban J connectivity index is 1.83. The number of aromatic nitrogens is 3. The zero-order valence-electron chi connectivity index (χ0n) is 17.7. The van der Waals surface area contributed by atoms with E-state index in [1.165, 1.54) is 0 Å². The summed E-state index contributed by atoms with van der Waals surface area (Å²) >= 11 is 6.42. The molecule has 0 amide bonds. The van der Waals surface area contributed by atoms with Crippen molar-refractivity contribution in [3.63, 3.8) is 0 Å². The number of nitrogens with zero attached hydrogens (tertiary/aromatic N) is 4. The Labute approximate surface area is 190 Å². The Morgan fingerprint density at radius 3 is 2.75 bits per heavy atom. The lowest BCUT2D eigenvalue weighted by Crippen LogP contribution is -2.36. The molecule has 1 saturated heterocycles. The molecule has 0 unspecified atom stereocenters. The number of aromatic carboxylic acids is 1. The summed E-state index contributed by atoms with van der Waals surface area (Å²) in [5.74, 6) is -0.169. The largest absolute Gasteiger partial charge is 0.478 e. The fourth-order valence-corrected chi connectivity index (χ4v) is 4.58. The molecule has 0 atom stereocenters. The quantitative estimate of drug-likeness (QED) is 0.474. The summed E-state index contributed by atoms with van der Waals surface area (Å²) in [4.78, 5) is 23.6. The number of hydrogen-bond donors (Lipinski definition) is 1. The Bertz CT molecular complexity index is 1330. The van der Waals surface area contributed by atoms with E-state index in [-0.39, 0.29) is 5.56 Å². The van der Waals surface area contributed by atoms with E-state index < -0.39 is 5.97 Å². The first-order chi connectivity index (χ1) is 15.6. The van der Waals surface area contributed by atoms with Crippen molar-refractivity contribution in [3.05, 3.63) is 59.0 Å². The molecule has 1 aliphatic rings. The normalized spacial score (nSPS) is 14.4. The van der Waals surface area contributed by atoms with Crippen LogP contribution in [0.4, 0.5) is 5.69 Å². The van der Waals surface area contributed by atoms with Gasteiger partial charge < -0.3 is 14.7 Å². The highest BCUT2D eigenvalue weighted by molar-refractivity contribution is 6.35. The van der Waals surface area contributed by atoms with Gasteiger partial charge in [0, 0.05) is 36.8 Å². The third kappa shape index (κ3) is 3.47. The van der Waals surface area contributed by atoms with Gasteiger partial charge in [-0.3, -0.25) is 9.55 Å². The van der Waals surface area contributed by atoms with Gasteiger partial charge in [-0.1, -0.05) is 30.7 Å². The zero-order valence-corrected chi connectivity index (χ0v) is 18.5. The number of carboxylic acid groups (broad SMARTS) is 1. The van der Waals surface area contributed by atoms with E-state index in [4.69, 9.17) is 21.3 Å². The number of fused-ring (bicyclic) bond motifs is 2. The summed E-state index contributed by atoms with van der Waals surface area (Å²) in [6.45, 7) is 4.76. The van der Waals surface area contributed by atoms with Gasteiger partial charge in [-0.05, 0) is 30.7 Å². The standard InChI is InChI=1S/C24H23ClN4O3/c1-2-4-21-27-23-17(24(30)31)13-15(28-9-11-32-12-10-28)14-20(23)29(21)19-7-8-26-22-16(19)5-3-6-18(22)25/h3,5-8,13-14H,2,4,9-12H2,1H3,(H,30,31). The van der Waals surface area contributed by atoms with Gasteiger partial charge in [-0.25, -0.2) is 9.78 Å². The average molecular weight is 451 g/mol. The van der Waals surface area contributed by atoms with Crippen LogP contribution in [-0.2, 0) is 11.2 Å². The van der Waals surface area contributed by atoms with Crippen LogP contribution in [0.1, 0.15) is 29.5 Å². The van der Waals surface area contributed by atoms with E-state index in [1.807, 2.05) is 30.3 Å². The first-order valence-corrected chi connectivity index (χ1v) is 11.1. The van der Waals surface area contributed by atoms with Gasteiger partial charge in [0.15, 0.2) is 0 Å². The minimum atomic E-state index is -0.986. The van der Waals surface area contributed by atoms with Crippen LogP contribution in [0.15, 0.2) is 42.6 Å². The van der Waals surface area contributed by atoms with Gasteiger partial charge >= 0.3 is 5.97 Å². The third-order valence-electron chi connectivity index (χ3n) is 5.83. The topological polar surface area (TPSA) is 80.5 Å².